The van der Waals surface area contributed by atoms with Gasteiger partial charge in [0, 0.05) is 0 Å². The van der Waals surface area contributed by atoms with Gasteiger partial charge in [-0.2, -0.15) is 0 Å². The molecule has 0 aliphatic heterocycles. The minimum absolute atomic E-state index is 0.364. The van der Waals surface area contributed by atoms with Crippen LogP contribution in [0.5, 0.6) is 0 Å². The van der Waals surface area contributed by atoms with Crippen molar-refractivity contribution < 1.29 is 0 Å². The molecule has 0 fully saturated rings. The fourth-order valence-corrected chi connectivity index (χ4v) is 22.8. The maximum absolute atomic E-state index is 5.09. The van der Waals surface area contributed by atoms with Crippen molar-refractivity contribution in [2.75, 3.05) is 0 Å². The Hall–Kier alpha value is -1.36. The van der Waals surface area contributed by atoms with E-state index in [9.17, 15) is 0 Å². The Morgan fingerprint density at radius 2 is 1.56 bits per heavy atom. The molecular formula is C32H49N3Sn. The molecule has 0 bridgehead atoms. The molecule has 0 radical (unpaired) electrons. The molecule has 1 unspecified atom stereocenters. The van der Waals surface area contributed by atoms with E-state index in [0.717, 1.165) is 23.3 Å². The molecule has 1 aromatic carbocycles. The molecule has 2 heterocycles. The summed E-state index contributed by atoms with van der Waals surface area (Å²) in [7, 11) is 0. The Labute approximate surface area is 224 Å². The Morgan fingerprint density at radius 1 is 0.889 bits per heavy atom. The van der Waals surface area contributed by atoms with Gasteiger partial charge in [0.2, 0.25) is 0 Å². The Balaban J connectivity index is 1.80. The monoisotopic (exact) mass is 595 g/mol. The topological polar surface area (TPSA) is 30.7 Å². The van der Waals surface area contributed by atoms with E-state index in [-0.39, 0.29) is 0 Å². The van der Waals surface area contributed by atoms with Gasteiger partial charge in [-0.05, 0) is 0 Å². The second-order valence-corrected chi connectivity index (χ2v) is 24.7. The van der Waals surface area contributed by atoms with Crippen molar-refractivity contribution in [1.82, 2.24) is 14.5 Å². The molecule has 196 valence electrons. The van der Waals surface area contributed by atoms with E-state index < -0.39 is 18.4 Å². The first-order chi connectivity index (χ1) is 17.5. The van der Waals surface area contributed by atoms with Crippen molar-refractivity contribution in [2.24, 2.45) is 0 Å². The Kier molecular flexibility index (Phi) is 9.57. The summed E-state index contributed by atoms with van der Waals surface area (Å²) >= 11 is -2.43. The number of pyridine rings is 1. The van der Waals surface area contributed by atoms with Gasteiger partial charge in [0.1, 0.15) is 0 Å². The normalized spacial score (nSPS) is 16.0. The van der Waals surface area contributed by atoms with Gasteiger partial charge in [-0.3, -0.25) is 0 Å². The van der Waals surface area contributed by atoms with Crippen LogP contribution in [0.2, 0.25) is 13.3 Å². The summed E-state index contributed by atoms with van der Waals surface area (Å²) in [5.74, 6) is 1.19. The van der Waals surface area contributed by atoms with Crippen LogP contribution in [-0.4, -0.2) is 32.9 Å². The zero-order valence-electron chi connectivity index (χ0n) is 23.9. The first-order valence-corrected chi connectivity index (χ1v) is 22.4. The van der Waals surface area contributed by atoms with E-state index >= 15 is 0 Å². The van der Waals surface area contributed by atoms with E-state index in [1.54, 1.807) is 24.4 Å². The van der Waals surface area contributed by atoms with Crippen LogP contribution in [0.15, 0.2) is 24.3 Å². The first-order valence-electron chi connectivity index (χ1n) is 15.0. The molecule has 3 nitrogen and oxygen atoms in total. The fourth-order valence-electron chi connectivity index (χ4n) is 6.74. The zero-order valence-corrected chi connectivity index (χ0v) is 26.8. The van der Waals surface area contributed by atoms with Gasteiger partial charge in [0.25, 0.3) is 0 Å². The molecule has 1 aliphatic carbocycles. The Morgan fingerprint density at radius 3 is 2.17 bits per heavy atom. The van der Waals surface area contributed by atoms with Crippen LogP contribution in [0.1, 0.15) is 113 Å². The van der Waals surface area contributed by atoms with Crippen LogP contribution >= 0.6 is 0 Å². The summed E-state index contributed by atoms with van der Waals surface area (Å²) < 4.78 is 8.97. The average molecular weight is 594 g/mol. The number of aromatic nitrogens is 3. The van der Waals surface area contributed by atoms with Gasteiger partial charge in [-0.1, -0.05) is 0 Å². The van der Waals surface area contributed by atoms with Gasteiger partial charge >= 0.3 is 225 Å². The number of benzene rings is 1. The number of nitrogens with zero attached hydrogens (tertiary/aromatic N) is 3. The summed E-state index contributed by atoms with van der Waals surface area (Å²) in [5, 5.41) is 0. The predicted octanol–water partition coefficient (Wildman–Crippen LogP) is 8.59. The molecule has 0 saturated heterocycles. The molecule has 0 spiro atoms. The van der Waals surface area contributed by atoms with Gasteiger partial charge in [-0.25, -0.2) is 0 Å². The summed E-state index contributed by atoms with van der Waals surface area (Å²) in [6.45, 7) is 13.7. The predicted molar refractivity (Wildman–Crippen MR) is 158 cm³/mol. The molecule has 2 aromatic heterocycles. The summed E-state index contributed by atoms with van der Waals surface area (Å²) in [4.78, 5) is 10.1. The van der Waals surface area contributed by atoms with Crippen molar-refractivity contribution in [3.63, 3.8) is 0 Å². The average Bonchev–Trinajstić information content (AvgIpc) is 3.26. The van der Waals surface area contributed by atoms with Crippen LogP contribution in [0, 0.1) is 13.8 Å². The fraction of sp³-hybridized carbons (Fsp3) is 0.625. The molecule has 3 aromatic rings. The van der Waals surface area contributed by atoms with Crippen molar-refractivity contribution >= 4 is 33.1 Å². The van der Waals surface area contributed by atoms with Crippen molar-refractivity contribution in [3.8, 4) is 0 Å². The second-order valence-electron chi connectivity index (χ2n) is 11.4. The summed E-state index contributed by atoms with van der Waals surface area (Å²) in [6, 6.07) is 10.4. The van der Waals surface area contributed by atoms with E-state index in [2.05, 4.69) is 70.4 Å². The standard InChI is InChI=1S/C20H22N3.3C4H9.Sn/c1-4-18-22-19-13(2)12-14(3)21-20(19)23(18)17-11-7-9-15-8-5-6-10-16(15)17;3*1-3-4-2;/h6,8,10,12,17H,4,7,9,11H2,1-3H3;3*1,3-4H2,2H3;. The number of hydrogen-bond donors (Lipinski definition) is 0. The minimum atomic E-state index is -2.43. The van der Waals surface area contributed by atoms with Crippen molar-refractivity contribution in [3.05, 3.63) is 52.5 Å². The van der Waals surface area contributed by atoms with Crippen LogP contribution in [0.3, 0.4) is 0 Å². The van der Waals surface area contributed by atoms with E-state index in [0.29, 0.717) is 6.04 Å². The zero-order chi connectivity index (χ0) is 25.7. The van der Waals surface area contributed by atoms with Gasteiger partial charge in [0.15, 0.2) is 0 Å². The first kappa shape index (κ1) is 27.7. The number of aryl methyl sites for hydroxylation is 4. The van der Waals surface area contributed by atoms with Gasteiger partial charge in [0.05, 0.1) is 0 Å². The third-order valence-electron chi connectivity index (χ3n) is 8.73. The second kappa shape index (κ2) is 12.5. The SMILES string of the molecule is CCC[CH2][Sn]([CH2]CCC)([CH2]CCC)[c]1ccc2c(c1)CCCC2n1c(CC)nc2c(C)cc(C)nc21. The summed E-state index contributed by atoms with van der Waals surface area (Å²) in [5.41, 5.74) is 7.70. The van der Waals surface area contributed by atoms with Gasteiger partial charge < -0.3 is 0 Å². The number of rotatable bonds is 12. The molecule has 4 rings (SSSR count). The molecule has 1 aliphatic rings. The van der Waals surface area contributed by atoms with Crippen LogP contribution < -0.4 is 3.58 Å². The van der Waals surface area contributed by atoms with E-state index in [4.69, 9.17) is 9.97 Å². The Bertz CT molecular complexity index is 1140. The maximum atomic E-state index is 5.09. The molecule has 4 heteroatoms. The van der Waals surface area contributed by atoms with Crippen molar-refractivity contribution in [1.29, 1.82) is 0 Å². The van der Waals surface area contributed by atoms with Crippen LogP contribution in [0.25, 0.3) is 11.2 Å². The van der Waals surface area contributed by atoms with Crippen LogP contribution in [0.4, 0.5) is 0 Å². The number of hydrogen-bond acceptors (Lipinski definition) is 2. The number of fused-ring (bicyclic) bond motifs is 2. The van der Waals surface area contributed by atoms with Crippen molar-refractivity contribution in [2.45, 2.75) is 125 Å². The van der Waals surface area contributed by atoms with Crippen LogP contribution in [-0.2, 0) is 12.8 Å². The molecule has 0 N–H and O–H groups in total. The number of imidazole rings is 1. The third-order valence-corrected chi connectivity index (χ3v) is 24.3. The number of unbranched alkanes of at least 4 members (excludes halogenated alkanes) is 3. The van der Waals surface area contributed by atoms with Gasteiger partial charge in [-0.15, -0.1) is 0 Å². The quantitative estimate of drug-likeness (QED) is 0.197. The molecule has 1 atom stereocenters. The molecule has 36 heavy (non-hydrogen) atoms. The molecule has 0 amide bonds. The summed E-state index contributed by atoms with van der Waals surface area (Å²) in [6.07, 6.45) is 12.9. The van der Waals surface area contributed by atoms with E-state index in [1.165, 1.54) is 69.2 Å². The van der Waals surface area contributed by atoms with E-state index in [1.807, 2.05) is 3.58 Å². The third kappa shape index (κ3) is 5.56. The molecular weight excluding hydrogens is 545 g/mol. The molecule has 0 saturated carbocycles.